The van der Waals surface area contributed by atoms with Crippen molar-refractivity contribution in [2.75, 3.05) is 6.54 Å². The van der Waals surface area contributed by atoms with E-state index >= 15 is 0 Å². The number of hydrogen-bond donors (Lipinski definition) is 1. The highest BCUT2D eigenvalue weighted by Crippen LogP contribution is 2.37. The lowest BCUT2D eigenvalue weighted by atomic mass is 9.71. The van der Waals surface area contributed by atoms with Crippen molar-refractivity contribution in [2.45, 2.75) is 53.5 Å². The molecule has 4 heteroatoms. The average Bonchev–Trinajstić information content (AvgIpc) is 2.17. The van der Waals surface area contributed by atoms with Gasteiger partial charge in [-0.25, -0.2) is 4.79 Å². The molecule has 0 aromatic rings. The Morgan fingerprint density at radius 1 is 1.44 bits per heavy atom. The zero-order valence-corrected chi connectivity index (χ0v) is 12.1. The maximum atomic E-state index is 12.1. The van der Waals surface area contributed by atoms with Crippen molar-refractivity contribution in [2.24, 2.45) is 17.3 Å². The first kappa shape index (κ1) is 15.0. The summed E-state index contributed by atoms with van der Waals surface area (Å²) < 4.78 is 0. The number of carbonyl (C=O) groups is 2. The summed E-state index contributed by atoms with van der Waals surface area (Å²) in [6.07, 6.45) is 0.219. The van der Waals surface area contributed by atoms with E-state index in [2.05, 4.69) is 13.8 Å². The quantitative estimate of drug-likeness (QED) is 0.825. The predicted octanol–water partition coefficient (Wildman–Crippen LogP) is 3.02. The van der Waals surface area contributed by atoms with E-state index in [0.29, 0.717) is 18.9 Å². The zero-order valence-electron chi connectivity index (χ0n) is 12.1. The third-order valence-electron chi connectivity index (χ3n) is 3.59. The van der Waals surface area contributed by atoms with Gasteiger partial charge < -0.3 is 10.0 Å². The van der Waals surface area contributed by atoms with E-state index in [-0.39, 0.29) is 23.2 Å². The van der Waals surface area contributed by atoms with Crippen molar-refractivity contribution in [3.05, 3.63) is 0 Å². The number of hydrogen-bond acceptors (Lipinski definition) is 2. The van der Waals surface area contributed by atoms with Gasteiger partial charge in [0.05, 0.1) is 0 Å². The lowest BCUT2D eigenvalue weighted by molar-refractivity contribution is -0.131. The third kappa shape index (κ3) is 3.24. The Balaban J connectivity index is 3.07. The molecule has 1 rings (SSSR count). The zero-order chi connectivity index (χ0) is 14.1. The molecule has 1 amide bonds. The first-order valence-electron chi connectivity index (χ1n) is 6.67. The Morgan fingerprint density at radius 3 is 2.39 bits per heavy atom. The van der Waals surface area contributed by atoms with E-state index in [9.17, 15) is 14.7 Å². The topological polar surface area (TPSA) is 57.6 Å². The van der Waals surface area contributed by atoms with Crippen molar-refractivity contribution in [1.82, 2.24) is 4.90 Å². The van der Waals surface area contributed by atoms with Gasteiger partial charge in [-0.15, -0.1) is 0 Å². The van der Waals surface area contributed by atoms with Crippen LogP contribution in [0, 0.1) is 17.3 Å². The van der Waals surface area contributed by atoms with Crippen LogP contribution in [-0.4, -0.2) is 34.5 Å². The molecule has 0 aromatic heterocycles. The summed E-state index contributed by atoms with van der Waals surface area (Å²) >= 11 is 0. The van der Waals surface area contributed by atoms with Crippen LogP contribution >= 0.6 is 0 Å². The molecule has 0 radical (unpaired) electrons. The molecule has 1 aliphatic heterocycles. The normalized spacial score (nSPS) is 25.7. The fourth-order valence-corrected chi connectivity index (χ4v) is 3.00. The van der Waals surface area contributed by atoms with Crippen molar-refractivity contribution >= 4 is 11.9 Å². The van der Waals surface area contributed by atoms with Gasteiger partial charge in [0.25, 0.3) is 0 Å². The number of likely N-dealkylation sites (tertiary alicyclic amines) is 1. The van der Waals surface area contributed by atoms with Gasteiger partial charge in [-0.2, -0.15) is 0 Å². The molecule has 1 heterocycles. The molecule has 0 spiro atoms. The Labute approximate surface area is 109 Å². The number of nitrogens with zero attached hydrogens (tertiary/aromatic N) is 1. The third-order valence-corrected chi connectivity index (χ3v) is 3.59. The molecule has 0 aromatic carbocycles. The largest absolute Gasteiger partial charge is 0.465 e. The molecular formula is C14H25NO3. The molecule has 1 saturated heterocycles. The number of ketones is 1. The minimum Gasteiger partial charge on any atom is -0.465 e. The molecule has 2 unspecified atom stereocenters. The Morgan fingerprint density at radius 2 is 2.00 bits per heavy atom. The van der Waals surface area contributed by atoms with Gasteiger partial charge in [-0.3, -0.25) is 4.79 Å². The van der Waals surface area contributed by atoms with Crippen molar-refractivity contribution in [3.63, 3.8) is 0 Å². The molecule has 1 fully saturated rings. The maximum Gasteiger partial charge on any atom is 0.407 e. The molecule has 0 saturated carbocycles. The predicted molar refractivity (Wildman–Crippen MR) is 70.5 cm³/mol. The number of piperidine rings is 1. The van der Waals surface area contributed by atoms with Crippen molar-refractivity contribution in [3.8, 4) is 0 Å². The second-order valence-electron chi connectivity index (χ2n) is 6.74. The van der Waals surface area contributed by atoms with Gasteiger partial charge in [0, 0.05) is 24.9 Å². The molecule has 1 aliphatic rings. The SMILES string of the molecule is CC(C)CC1C(=O)CCN(C(=O)O)C1C(C)(C)C. The standard InChI is InChI=1S/C14H25NO3/c1-9(2)8-10-11(16)6-7-15(13(17)18)12(10)14(3,4)5/h9-10,12H,6-8H2,1-5H3,(H,17,18). The molecule has 104 valence electrons. The summed E-state index contributed by atoms with van der Waals surface area (Å²) in [5.41, 5.74) is -0.214. The molecular weight excluding hydrogens is 230 g/mol. The van der Waals surface area contributed by atoms with Crippen LogP contribution in [0.25, 0.3) is 0 Å². The van der Waals surface area contributed by atoms with E-state index in [4.69, 9.17) is 0 Å². The molecule has 1 N–H and O–H groups in total. The van der Waals surface area contributed by atoms with Crippen LogP contribution < -0.4 is 0 Å². The molecule has 0 bridgehead atoms. The van der Waals surface area contributed by atoms with Gasteiger partial charge in [-0.05, 0) is 17.8 Å². The van der Waals surface area contributed by atoms with Crippen LogP contribution in [0.15, 0.2) is 0 Å². The first-order valence-corrected chi connectivity index (χ1v) is 6.67. The molecule has 0 aliphatic carbocycles. The smallest absolute Gasteiger partial charge is 0.407 e. The number of Topliss-reactive ketones (excluding diaryl/α,β-unsaturated/α-hetero) is 1. The second kappa shape index (κ2) is 5.29. The van der Waals surface area contributed by atoms with Gasteiger partial charge in [-0.1, -0.05) is 34.6 Å². The lowest BCUT2D eigenvalue weighted by Crippen LogP contribution is -2.57. The van der Waals surface area contributed by atoms with Crippen LogP contribution in [0.2, 0.25) is 0 Å². The molecule has 2 atom stereocenters. The molecule has 18 heavy (non-hydrogen) atoms. The highest BCUT2D eigenvalue weighted by molar-refractivity contribution is 5.84. The first-order chi connectivity index (χ1) is 8.14. The van der Waals surface area contributed by atoms with Crippen LogP contribution in [0.5, 0.6) is 0 Å². The number of rotatable bonds is 2. The Kier molecular flexibility index (Phi) is 4.41. The Bertz CT molecular complexity index is 330. The van der Waals surface area contributed by atoms with Gasteiger partial charge in [0.2, 0.25) is 0 Å². The minimum absolute atomic E-state index is 0.158. The van der Waals surface area contributed by atoms with Gasteiger partial charge in [0.1, 0.15) is 5.78 Å². The van der Waals surface area contributed by atoms with E-state index in [1.807, 2.05) is 20.8 Å². The van der Waals surface area contributed by atoms with E-state index in [0.717, 1.165) is 6.42 Å². The van der Waals surface area contributed by atoms with E-state index in [1.54, 1.807) is 0 Å². The van der Waals surface area contributed by atoms with Crippen molar-refractivity contribution < 1.29 is 14.7 Å². The number of amides is 1. The summed E-state index contributed by atoms with van der Waals surface area (Å²) in [7, 11) is 0. The van der Waals surface area contributed by atoms with Crippen LogP contribution in [0.1, 0.15) is 47.5 Å². The summed E-state index contributed by atoms with van der Waals surface area (Å²) in [6.45, 7) is 10.5. The van der Waals surface area contributed by atoms with Crippen LogP contribution in [-0.2, 0) is 4.79 Å². The molecule has 4 nitrogen and oxygen atoms in total. The van der Waals surface area contributed by atoms with E-state index in [1.165, 1.54) is 4.90 Å². The number of carboxylic acid groups (broad SMARTS) is 1. The van der Waals surface area contributed by atoms with Crippen LogP contribution in [0.3, 0.4) is 0 Å². The highest BCUT2D eigenvalue weighted by Gasteiger charge is 2.45. The number of carbonyl (C=O) groups excluding carboxylic acids is 1. The summed E-state index contributed by atoms with van der Waals surface area (Å²) in [5, 5.41) is 9.32. The second-order valence-corrected chi connectivity index (χ2v) is 6.74. The monoisotopic (exact) mass is 255 g/mol. The van der Waals surface area contributed by atoms with E-state index < -0.39 is 6.09 Å². The highest BCUT2D eigenvalue weighted by atomic mass is 16.4. The van der Waals surface area contributed by atoms with Crippen LogP contribution in [0.4, 0.5) is 4.79 Å². The fraction of sp³-hybridized carbons (Fsp3) is 0.857. The maximum absolute atomic E-state index is 12.1. The summed E-state index contributed by atoms with van der Waals surface area (Å²) in [4.78, 5) is 25.0. The van der Waals surface area contributed by atoms with Gasteiger partial charge in [0.15, 0.2) is 0 Å². The Hall–Kier alpha value is -1.06. The summed E-state index contributed by atoms with van der Waals surface area (Å²) in [6, 6.07) is -0.210. The lowest BCUT2D eigenvalue weighted by Gasteiger charge is -2.46. The van der Waals surface area contributed by atoms with Gasteiger partial charge >= 0.3 is 6.09 Å². The average molecular weight is 255 g/mol. The fourth-order valence-electron chi connectivity index (χ4n) is 3.00. The summed E-state index contributed by atoms with van der Waals surface area (Å²) in [5.74, 6) is 0.466. The minimum atomic E-state index is -0.906. The van der Waals surface area contributed by atoms with Crippen molar-refractivity contribution in [1.29, 1.82) is 0 Å².